The van der Waals surface area contributed by atoms with Gasteiger partial charge in [-0.05, 0) is 0 Å². The van der Waals surface area contributed by atoms with Crippen LogP contribution in [0, 0.1) is 0 Å². The van der Waals surface area contributed by atoms with Gasteiger partial charge in [0.15, 0.2) is 0 Å². The van der Waals surface area contributed by atoms with E-state index in [0.717, 1.165) is 0 Å². The Kier molecular flexibility index (Phi) is 17.2. The van der Waals surface area contributed by atoms with Crippen LogP contribution in [0.25, 0.3) is 0 Å². The van der Waals surface area contributed by atoms with Crippen molar-refractivity contribution in [2.75, 3.05) is 65.7 Å². The third-order valence-electron chi connectivity index (χ3n) is 4.32. The molecular weight excluding hydrogens is 408 g/mol. The Labute approximate surface area is 185 Å². The Bertz CT molecular complexity index is 519. The van der Waals surface area contributed by atoms with Gasteiger partial charge in [-0.15, -0.1) is 0 Å². The van der Waals surface area contributed by atoms with Gasteiger partial charge in [0.05, 0.1) is 0 Å². The Balaban J connectivity index is 4.70. The lowest BCUT2D eigenvalue weighted by molar-refractivity contribution is -0.146. The first-order valence-electron chi connectivity index (χ1n) is 10.9. The molecular formula is C21H38N2O8. The molecule has 10 nitrogen and oxygen atoms in total. The molecule has 0 heterocycles. The van der Waals surface area contributed by atoms with Crippen molar-refractivity contribution < 1.29 is 38.1 Å². The molecule has 0 saturated carbocycles. The molecule has 0 aromatic carbocycles. The van der Waals surface area contributed by atoms with E-state index in [9.17, 15) is 19.2 Å². The smallest absolute Gasteiger partial charge is 0.305 e. The van der Waals surface area contributed by atoms with Gasteiger partial charge in [-0.3, -0.25) is 29.0 Å². The highest BCUT2D eigenvalue weighted by atomic mass is 16.5. The molecule has 0 unspecified atom stereocenters. The summed E-state index contributed by atoms with van der Waals surface area (Å²) in [5.41, 5.74) is 0. The summed E-state index contributed by atoms with van der Waals surface area (Å²) in [6.45, 7) is 10.7. The Morgan fingerprint density at radius 2 is 0.806 bits per heavy atom. The van der Waals surface area contributed by atoms with E-state index in [1.807, 2.05) is 9.80 Å². The van der Waals surface area contributed by atoms with E-state index in [1.54, 1.807) is 20.8 Å². The van der Waals surface area contributed by atoms with Crippen molar-refractivity contribution in [2.45, 2.75) is 47.0 Å². The fourth-order valence-corrected chi connectivity index (χ4v) is 2.44. The number of hydrogen-bond donors (Lipinski definition) is 0. The SMILES string of the molecule is CCC(=O)OCCN(CCOC(C)=O)CCN(CCOC(=O)CC)CCOC(=O)CC. The van der Waals surface area contributed by atoms with Crippen molar-refractivity contribution in [2.24, 2.45) is 0 Å². The summed E-state index contributed by atoms with van der Waals surface area (Å²) < 4.78 is 20.5. The molecule has 0 aliphatic heterocycles. The third-order valence-corrected chi connectivity index (χ3v) is 4.32. The monoisotopic (exact) mass is 446 g/mol. The van der Waals surface area contributed by atoms with Gasteiger partial charge in [-0.1, -0.05) is 20.8 Å². The average Bonchev–Trinajstić information content (AvgIpc) is 2.75. The topological polar surface area (TPSA) is 112 Å². The Morgan fingerprint density at radius 1 is 0.516 bits per heavy atom. The van der Waals surface area contributed by atoms with Crippen LogP contribution in [0.4, 0.5) is 0 Å². The zero-order valence-electron chi connectivity index (χ0n) is 19.4. The van der Waals surface area contributed by atoms with Crippen LogP contribution in [0.2, 0.25) is 0 Å². The van der Waals surface area contributed by atoms with E-state index < -0.39 is 0 Å². The van der Waals surface area contributed by atoms with E-state index in [4.69, 9.17) is 18.9 Å². The second kappa shape index (κ2) is 18.6. The highest BCUT2D eigenvalue weighted by Crippen LogP contribution is 1.98. The van der Waals surface area contributed by atoms with Crippen LogP contribution in [0.5, 0.6) is 0 Å². The zero-order chi connectivity index (χ0) is 23.5. The van der Waals surface area contributed by atoms with Gasteiger partial charge in [0, 0.05) is 65.5 Å². The van der Waals surface area contributed by atoms with Gasteiger partial charge < -0.3 is 18.9 Å². The van der Waals surface area contributed by atoms with Crippen molar-refractivity contribution in [1.82, 2.24) is 9.80 Å². The molecule has 0 saturated heterocycles. The lowest BCUT2D eigenvalue weighted by Crippen LogP contribution is -2.41. The molecule has 0 atom stereocenters. The molecule has 0 aliphatic rings. The number of nitrogens with zero attached hydrogens (tertiary/aromatic N) is 2. The predicted molar refractivity (Wildman–Crippen MR) is 113 cm³/mol. The van der Waals surface area contributed by atoms with Crippen molar-refractivity contribution in [1.29, 1.82) is 0 Å². The maximum atomic E-state index is 11.4. The zero-order valence-corrected chi connectivity index (χ0v) is 19.4. The first-order chi connectivity index (χ1) is 14.8. The molecule has 0 spiro atoms. The Hall–Kier alpha value is -2.20. The minimum atomic E-state index is -0.352. The predicted octanol–water partition coefficient (Wildman–Crippen LogP) is 1.01. The number of hydrogen-bond acceptors (Lipinski definition) is 10. The summed E-state index contributed by atoms with van der Waals surface area (Å²) in [5.74, 6) is -1.15. The van der Waals surface area contributed by atoms with Crippen molar-refractivity contribution in [3.8, 4) is 0 Å². The van der Waals surface area contributed by atoms with Crippen LogP contribution in [-0.2, 0) is 38.1 Å². The minimum Gasteiger partial charge on any atom is -0.465 e. The number of rotatable bonds is 18. The molecule has 0 amide bonds. The van der Waals surface area contributed by atoms with E-state index >= 15 is 0 Å². The summed E-state index contributed by atoms with van der Waals surface area (Å²) in [6, 6.07) is 0. The lowest BCUT2D eigenvalue weighted by Gasteiger charge is -2.27. The van der Waals surface area contributed by atoms with Crippen molar-refractivity contribution in [3.05, 3.63) is 0 Å². The number of ether oxygens (including phenoxy) is 4. The van der Waals surface area contributed by atoms with Gasteiger partial charge in [0.1, 0.15) is 26.4 Å². The first kappa shape index (κ1) is 28.8. The molecule has 0 N–H and O–H groups in total. The van der Waals surface area contributed by atoms with Crippen molar-refractivity contribution >= 4 is 23.9 Å². The van der Waals surface area contributed by atoms with Crippen LogP contribution in [-0.4, -0.2) is 99.4 Å². The van der Waals surface area contributed by atoms with Crippen molar-refractivity contribution in [3.63, 3.8) is 0 Å². The Morgan fingerprint density at radius 3 is 1.06 bits per heavy atom. The maximum absolute atomic E-state index is 11.4. The molecule has 180 valence electrons. The highest BCUT2D eigenvalue weighted by Gasteiger charge is 2.13. The first-order valence-corrected chi connectivity index (χ1v) is 10.9. The van der Waals surface area contributed by atoms with Crippen LogP contribution in [0.3, 0.4) is 0 Å². The fraction of sp³-hybridized carbons (Fsp3) is 0.810. The van der Waals surface area contributed by atoms with E-state index in [2.05, 4.69) is 0 Å². The molecule has 31 heavy (non-hydrogen) atoms. The van der Waals surface area contributed by atoms with E-state index in [0.29, 0.717) is 58.5 Å². The summed E-state index contributed by atoms with van der Waals surface area (Å²) >= 11 is 0. The average molecular weight is 447 g/mol. The van der Waals surface area contributed by atoms with Gasteiger partial charge in [-0.25, -0.2) is 0 Å². The van der Waals surface area contributed by atoms with Gasteiger partial charge in [-0.2, -0.15) is 0 Å². The molecule has 0 radical (unpaired) electrons. The number of carbonyl (C=O) groups is 4. The third kappa shape index (κ3) is 17.2. The lowest BCUT2D eigenvalue weighted by atomic mass is 10.4. The second-order valence-corrected chi connectivity index (χ2v) is 6.75. The quantitative estimate of drug-likeness (QED) is 0.223. The molecule has 0 aromatic rings. The highest BCUT2D eigenvalue weighted by molar-refractivity contribution is 5.69. The van der Waals surface area contributed by atoms with Crippen LogP contribution >= 0.6 is 0 Å². The summed E-state index contributed by atoms with van der Waals surface area (Å²) in [4.78, 5) is 49.2. The van der Waals surface area contributed by atoms with E-state index in [1.165, 1.54) is 6.92 Å². The van der Waals surface area contributed by atoms with Gasteiger partial charge >= 0.3 is 23.9 Å². The molecule has 0 rings (SSSR count). The molecule has 0 aliphatic carbocycles. The molecule has 0 bridgehead atoms. The standard InChI is InChI=1S/C21H38N2O8/c1-5-19(25)29-15-11-22(10-14-28-18(4)24)8-9-23(12-16-30-20(26)6-2)13-17-31-21(27)7-3/h5-17H2,1-4H3. The second-order valence-electron chi connectivity index (χ2n) is 6.75. The number of carbonyl (C=O) groups excluding carboxylic acids is 4. The minimum absolute atomic E-state index is 0.235. The summed E-state index contributed by atoms with van der Waals surface area (Å²) in [6.07, 6.45) is 0.942. The fourth-order valence-electron chi connectivity index (χ4n) is 2.44. The summed E-state index contributed by atoms with van der Waals surface area (Å²) in [7, 11) is 0. The van der Waals surface area contributed by atoms with Crippen LogP contribution in [0.1, 0.15) is 47.0 Å². The van der Waals surface area contributed by atoms with E-state index in [-0.39, 0.29) is 50.3 Å². The molecule has 10 heteroatoms. The van der Waals surface area contributed by atoms with Gasteiger partial charge in [0.25, 0.3) is 0 Å². The number of esters is 4. The molecule has 0 fully saturated rings. The normalized spacial score (nSPS) is 10.8. The largest absolute Gasteiger partial charge is 0.465 e. The van der Waals surface area contributed by atoms with Crippen LogP contribution in [0.15, 0.2) is 0 Å². The van der Waals surface area contributed by atoms with Gasteiger partial charge in [0.2, 0.25) is 0 Å². The maximum Gasteiger partial charge on any atom is 0.305 e. The summed E-state index contributed by atoms with van der Waals surface area (Å²) in [5, 5.41) is 0. The van der Waals surface area contributed by atoms with Crippen LogP contribution < -0.4 is 0 Å². The molecule has 0 aromatic heterocycles.